The number of pyridine rings is 1. The number of halogens is 2. The summed E-state index contributed by atoms with van der Waals surface area (Å²) in [6.45, 7) is 4.70. The molecule has 0 atom stereocenters. The van der Waals surface area contributed by atoms with E-state index in [1.807, 2.05) is 54.4 Å². The van der Waals surface area contributed by atoms with Gasteiger partial charge in [0.05, 0.1) is 15.7 Å². The third-order valence-corrected chi connectivity index (χ3v) is 5.72. The van der Waals surface area contributed by atoms with Gasteiger partial charge in [-0.15, -0.1) is 0 Å². The zero-order valence-corrected chi connectivity index (χ0v) is 17.0. The lowest BCUT2D eigenvalue weighted by Gasteiger charge is -2.36. The van der Waals surface area contributed by atoms with Gasteiger partial charge in [0.15, 0.2) is 0 Å². The molecule has 5 nitrogen and oxygen atoms in total. The molecular formula is C21H20Cl2N4O. The molecule has 0 aliphatic carbocycles. The van der Waals surface area contributed by atoms with Crippen LogP contribution in [-0.2, 0) is 0 Å². The van der Waals surface area contributed by atoms with Crippen LogP contribution in [0.3, 0.4) is 0 Å². The van der Waals surface area contributed by atoms with Gasteiger partial charge in [-0.2, -0.15) is 0 Å². The van der Waals surface area contributed by atoms with Gasteiger partial charge in [0, 0.05) is 54.5 Å². The fourth-order valence-electron chi connectivity index (χ4n) is 3.43. The number of urea groups is 1. The van der Waals surface area contributed by atoms with Gasteiger partial charge in [-0.3, -0.25) is 4.98 Å². The molecule has 2 aromatic carbocycles. The molecule has 7 heteroatoms. The van der Waals surface area contributed by atoms with Crippen LogP contribution in [0, 0.1) is 6.92 Å². The summed E-state index contributed by atoms with van der Waals surface area (Å²) in [5, 5.41) is 6.15. The number of nitrogens with zero attached hydrogens (tertiary/aromatic N) is 3. The minimum atomic E-state index is -0.0873. The summed E-state index contributed by atoms with van der Waals surface area (Å²) >= 11 is 12.1. The van der Waals surface area contributed by atoms with E-state index in [1.54, 1.807) is 6.07 Å². The Hall–Kier alpha value is -2.50. The Kier molecular flexibility index (Phi) is 5.29. The van der Waals surface area contributed by atoms with Crippen LogP contribution in [0.25, 0.3) is 10.8 Å². The van der Waals surface area contributed by atoms with Gasteiger partial charge in [0.1, 0.15) is 0 Å². The van der Waals surface area contributed by atoms with Crippen molar-refractivity contribution in [3.8, 4) is 0 Å². The van der Waals surface area contributed by atoms with Crippen molar-refractivity contribution in [2.24, 2.45) is 0 Å². The molecule has 1 N–H and O–H groups in total. The summed E-state index contributed by atoms with van der Waals surface area (Å²) in [5.74, 6) is 0. The highest BCUT2D eigenvalue weighted by Gasteiger charge is 2.22. The van der Waals surface area contributed by atoms with Crippen LogP contribution < -0.4 is 10.2 Å². The van der Waals surface area contributed by atoms with Crippen molar-refractivity contribution in [3.63, 3.8) is 0 Å². The Balaban J connectivity index is 1.43. The third kappa shape index (κ3) is 3.86. The van der Waals surface area contributed by atoms with Crippen LogP contribution in [0.5, 0.6) is 0 Å². The molecule has 4 rings (SSSR count). The van der Waals surface area contributed by atoms with Crippen molar-refractivity contribution in [1.82, 2.24) is 9.88 Å². The minimum absolute atomic E-state index is 0.0873. The molecule has 144 valence electrons. The number of carbonyl (C=O) groups is 1. The maximum atomic E-state index is 12.8. The summed E-state index contributed by atoms with van der Waals surface area (Å²) in [5.41, 5.74) is 2.75. The molecule has 0 unspecified atom stereocenters. The first-order valence-corrected chi connectivity index (χ1v) is 9.88. The molecule has 1 aliphatic rings. The molecule has 2 heterocycles. The van der Waals surface area contributed by atoms with E-state index in [-0.39, 0.29) is 6.03 Å². The number of hydrogen-bond acceptors (Lipinski definition) is 3. The van der Waals surface area contributed by atoms with E-state index in [4.69, 9.17) is 23.2 Å². The largest absolute Gasteiger partial charge is 0.368 e. The minimum Gasteiger partial charge on any atom is -0.368 e. The SMILES string of the molecule is Cc1cc2c(NC(=O)N3CCN(c4ccc(Cl)c(Cl)c4)CC3)cccc2cn1. The van der Waals surface area contributed by atoms with Crippen LogP contribution in [0.4, 0.5) is 16.2 Å². The fraction of sp³-hybridized carbons (Fsp3) is 0.238. The number of rotatable bonds is 2. The second-order valence-electron chi connectivity index (χ2n) is 6.86. The van der Waals surface area contributed by atoms with Crippen molar-refractivity contribution in [1.29, 1.82) is 0 Å². The van der Waals surface area contributed by atoms with Gasteiger partial charge in [-0.1, -0.05) is 35.3 Å². The van der Waals surface area contributed by atoms with Crippen molar-refractivity contribution in [2.75, 3.05) is 36.4 Å². The van der Waals surface area contributed by atoms with E-state index in [2.05, 4.69) is 15.2 Å². The van der Waals surface area contributed by atoms with Crippen LogP contribution >= 0.6 is 23.2 Å². The fourth-order valence-corrected chi connectivity index (χ4v) is 3.72. The number of benzene rings is 2. The van der Waals surface area contributed by atoms with Crippen LogP contribution in [0.15, 0.2) is 48.7 Å². The van der Waals surface area contributed by atoms with Crippen LogP contribution in [-0.4, -0.2) is 42.1 Å². The number of carbonyl (C=O) groups excluding carboxylic acids is 1. The summed E-state index contributed by atoms with van der Waals surface area (Å²) < 4.78 is 0. The summed E-state index contributed by atoms with van der Waals surface area (Å²) in [6.07, 6.45) is 1.83. The number of fused-ring (bicyclic) bond motifs is 1. The van der Waals surface area contributed by atoms with E-state index in [0.717, 1.165) is 40.9 Å². The van der Waals surface area contributed by atoms with Crippen molar-refractivity contribution >= 4 is 51.4 Å². The lowest BCUT2D eigenvalue weighted by atomic mass is 10.1. The van der Waals surface area contributed by atoms with Gasteiger partial charge in [0.25, 0.3) is 0 Å². The van der Waals surface area contributed by atoms with Gasteiger partial charge in [-0.25, -0.2) is 4.79 Å². The maximum Gasteiger partial charge on any atom is 0.321 e. The van der Waals surface area contributed by atoms with E-state index < -0.39 is 0 Å². The Morgan fingerprint density at radius 2 is 1.82 bits per heavy atom. The molecule has 2 amide bonds. The van der Waals surface area contributed by atoms with Crippen molar-refractivity contribution in [3.05, 3.63) is 64.4 Å². The van der Waals surface area contributed by atoms with Crippen molar-refractivity contribution < 1.29 is 4.79 Å². The maximum absolute atomic E-state index is 12.8. The number of anilines is 2. The average Bonchev–Trinajstić information content (AvgIpc) is 2.70. The number of amides is 2. The predicted octanol–water partition coefficient (Wildman–Crippen LogP) is 5.20. The number of hydrogen-bond donors (Lipinski definition) is 1. The average molecular weight is 415 g/mol. The van der Waals surface area contributed by atoms with Crippen molar-refractivity contribution in [2.45, 2.75) is 6.92 Å². The monoisotopic (exact) mass is 414 g/mol. The zero-order chi connectivity index (χ0) is 19.7. The molecule has 1 aliphatic heterocycles. The Morgan fingerprint density at radius 1 is 1.04 bits per heavy atom. The highest BCUT2D eigenvalue weighted by atomic mass is 35.5. The number of nitrogens with one attached hydrogen (secondary N) is 1. The first kappa shape index (κ1) is 18.8. The molecule has 1 fully saturated rings. The quantitative estimate of drug-likeness (QED) is 0.626. The molecule has 0 spiro atoms. The number of piperazine rings is 1. The Bertz CT molecular complexity index is 1030. The second kappa shape index (κ2) is 7.86. The van der Waals surface area contributed by atoms with E-state index in [0.29, 0.717) is 23.1 Å². The number of aromatic nitrogens is 1. The second-order valence-corrected chi connectivity index (χ2v) is 7.67. The lowest BCUT2D eigenvalue weighted by Crippen LogP contribution is -2.50. The first-order chi connectivity index (χ1) is 13.5. The topological polar surface area (TPSA) is 48.5 Å². The molecule has 3 aromatic rings. The summed E-state index contributed by atoms with van der Waals surface area (Å²) in [6, 6.07) is 13.4. The van der Waals surface area contributed by atoms with Gasteiger partial charge in [-0.05, 0) is 37.3 Å². The first-order valence-electron chi connectivity index (χ1n) is 9.12. The van der Waals surface area contributed by atoms with Crippen LogP contribution in [0.2, 0.25) is 10.0 Å². The molecule has 0 bridgehead atoms. The predicted molar refractivity (Wildman–Crippen MR) is 116 cm³/mol. The normalized spacial score (nSPS) is 14.4. The zero-order valence-electron chi connectivity index (χ0n) is 15.5. The molecule has 28 heavy (non-hydrogen) atoms. The number of aryl methyl sites for hydroxylation is 1. The van der Waals surface area contributed by atoms with Gasteiger partial charge in [0.2, 0.25) is 0 Å². The highest BCUT2D eigenvalue weighted by molar-refractivity contribution is 6.42. The van der Waals surface area contributed by atoms with Gasteiger partial charge < -0.3 is 15.1 Å². The Labute approximate surface area is 173 Å². The Morgan fingerprint density at radius 3 is 2.57 bits per heavy atom. The summed E-state index contributed by atoms with van der Waals surface area (Å²) in [4.78, 5) is 21.1. The van der Waals surface area contributed by atoms with Gasteiger partial charge >= 0.3 is 6.03 Å². The smallest absolute Gasteiger partial charge is 0.321 e. The molecule has 0 radical (unpaired) electrons. The highest BCUT2D eigenvalue weighted by Crippen LogP contribution is 2.28. The lowest BCUT2D eigenvalue weighted by molar-refractivity contribution is 0.208. The molecule has 1 aromatic heterocycles. The van der Waals surface area contributed by atoms with E-state index in [9.17, 15) is 4.79 Å². The van der Waals surface area contributed by atoms with Crippen LogP contribution in [0.1, 0.15) is 5.69 Å². The third-order valence-electron chi connectivity index (χ3n) is 4.98. The van der Waals surface area contributed by atoms with E-state index in [1.165, 1.54) is 0 Å². The molecule has 1 saturated heterocycles. The van der Waals surface area contributed by atoms with E-state index >= 15 is 0 Å². The molecular weight excluding hydrogens is 395 g/mol. The standard InChI is InChI=1S/C21H20Cl2N4O/c1-14-11-17-15(13-24-14)3-2-4-20(17)25-21(28)27-9-7-26(8-10-27)16-5-6-18(22)19(23)12-16/h2-6,11-13H,7-10H2,1H3,(H,25,28). The summed E-state index contributed by atoms with van der Waals surface area (Å²) in [7, 11) is 0. The molecule has 0 saturated carbocycles.